The molecule has 1 amide bonds. The molecule has 0 aromatic heterocycles. The molecule has 0 bridgehead atoms. The zero-order chi connectivity index (χ0) is 14.0. The summed E-state index contributed by atoms with van der Waals surface area (Å²) < 4.78 is 0. The molecule has 2 fully saturated rings. The van der Waals surface area contributed by atoms with Crippen molar-refractivity contribution in [2.24, 2.45) is 17.3 Å². The second kappa shape index (κ2) is 5.51. The maximum atomic E-state index is 12.5. The third-order valence-electron chi connectivity index (χ3n) is 4.83. The van der Waals surface area contributed by atoms with Crippen LogP contribution in [-0.2, 0) is 9.59 Å². The van der Waals surface area contributed by atoms with Crippen molar-refractivity contribution in [3.63, 3.8) is 0 Å². The van der Waals surface area contributed by atoms with Crippen molar-refractivity contribution < 1.29 is 14.7 Å². The van der Waals surface area contributed by atoms with Crippen LogP contribution in [-0.4, -0.2) is 35.0 Å². The van der Waals surface area contributed by atoms with Crippen molar-refractivity contribution in [2.45, 2.75) is 52.4 Å². The van der Waals surface area contributed by atoms with E-state index in [-0.39, 0.29) is 11.8 Å². The summed E-state index contributed by atoms with van der Waals surface area (Å²) >= 11 is 0. The summed E-state index contributed by atoms with van der Waals surface area (Å²) in [6, 6.07) is 0. The van der Waals surface area contributed by atoms with E-state index in [9.17, 15) is 14.7 Å². The van der Waals surface area contributed by atoms with Gasteiger partial charge < -0.3 is 10.0 Å². The molecule has 2 aliphatic rings. The minimum absolute atomic E-state index is 0.0857. The molecule has 0 unspecified atom stereocenters. The van der Waals surface area contributed by atoms with Crippen LogP contribution in [0.15, 0.2) is 0 Å². The normalized spacial score (nSPS) is 30.9. The van der Waals surface area contributed by atoms with Crippen LogP contribution in [0.4, 0.5) is 0 Å². The van der Waals surface area contributed by atoms with E-state index >= 15 is 0 Å². The lowest BCUT2D eigenvalue weighted by Crippen LogP contribution is -2.47. The fourth-order valence-corrected chi connectivity index (χ4v) is 3.29. The number of rotatable bonds is 2. The maximum Gasteiger partial charge on any atom is 0.307 e. The molecule has 1 saturated carbocycles. The number of amides is 1. The Bertz CT molecular complexity index is 354. The van der Waals surface area contributed by atoms with Crippen LogP contribution < -0.4 is 0 Å². The molecule has 1 aliphatic heterocycles. The van der Waals surface area contributed by atoms with E-state index in [0.717, 1.165) is 45.2 Å². The third-order valence-corrected chi connectivity index (χ3v) is 4.83. The van der Waals surface area contributed by atoms with Crippen LogP contribution in [0.1, 0.15) is 52.4 Å². The van der Waals surface area contributed by atoms with Gasteiger partial charge in [0.1, 0.15) is 0 Å². The predicted octanol–water partition coefficient (Wildman–Crippen LogP) is 2.53. The van der Waals surface area contributed by atoms with Crippen molar-refractivity contribution >= 4 is 11.9 Å². The minimum atomic E-state index is -0.796. The number of nitrogens with zero attached hydrogens (tertiary/aromatic N) is 1. The van der Waals surface area contributed by atoms with E-state index in [1.807, 2.05) is 4.90 Å². The molecule has 1 aliphatic carbocycles. The molecular formula is C15H25NO3. The molecule has 4 heteroatoms. The lowest BCUT2D eigenvalue weighted by Gasteiger charge is -2.40. The zero-order valence-corrected chi connectivity index (χ0v) is 12.0. The van der Waals surface area contributed by atoms with Crippen LogP contribution in [0.5, 0.6) is 0 Å². The molecule has 19 heavy (non-hydrogen) atoms. The van der Waals surface area contributed by atoms with E-state index in [1.54, 1.807) is 0 Å². The summed E-state index contributed by atoms with van der Waals surface area (Å²) in [6.45, 7) is 6.04. The lowest BCUT2D eigenvalue weighted by atomic mass is 9.77. The van der Waals surface area contributed by atoms with E-state index < -0.39 is 11.9 Å². The second-order valence-electron chi connectivity index (χ2n) is 6.83. The number of carboxylic acids is 1. The largest absolute Gasteiger partial charge is 0.481 e. The standard InChI is InChI=1S/C15H25NO3/c1-15(2)7-9-16(10-8-15)13(17)11-5-3-4-6-12(11)14(18)19/h11-12H,3-10H2,1-2H3,(H,18,19)/t11-,12+/m1/s1. The summed E-state index contributed by atoms with van der Waals surface area (Å²) in [5, 5.41) is 9.27. The molecule has 1 N–H and O–H groups in total. The molecule has 1 heterocycles. The fourth-order valence-electron chi connectivity index (χ4n) is 3.29. The van der Waals surface area contributed by atoms with Crippen molar-refractivity contribution in [2.75, 3.05) is 13.1 Å². The monoisotopic (exact) mass is 267 g/mol. The Hall–Kier alpha value is -1.06. The zero-order valence-electron chi connectivity index (χ0n) is 12.0. The van der Waals surface area contributed by atoms with Gasteiger partial charge in [-0.3, -0.25) is 9.59 Å². The number of piperidine rings is 1. The van der Waals surface area contributed by atoms with Gasteiger partial charge in [0.25, 0.3) is 0 Å². The molecule has 0 aromatic carbocycles. The molecular weight excluding hydrogens is 242 g/mol. The first-order chi connectivity index (χ1) is 8.91. The van der Waals surface area contributed by atoms with Crippen LogP contribution in [0.25, 0.3) is 0 Å². The smallest absolute Gasteiger partial charge is 0.307 e. The highest BCUT2D eigenvalue weighted by Crippen LogP contribution is 2.35. The second-order valence-corrected chi connectivity index (χ2v) is 6.83. The van der Waals surface area contributed by atoms with Crippen LogP contribution in [0, 0.1) is 17.3 Å². The Kier molecular flexibility index (Phi) is 4.16. The molecule has 4 nitrogen and oxygen atoms in total. The van der Waals surface area contributed by atoms with Gasteiger partial charge in [-0.1, -0.05) is 26.7 Å². The summed E-state index contributed by atoms with van der Waals surface area (Å²) in [6.07, 6.45) is 5.36. The van der Waals surface area contributed by atoms with Crippen LogP contribution >= 0.6 is 0 Å². The van der Waals surface area contributed by atoms with Gasteiger partial charge in [-0.25, -0.2) is 0 Å². The number of hydrogen-bond acceptors (Lipinski definition) is 2. The first-order valence-corrected chi connectivity index (χ1v) is 7.42. The van der Waals surface area contributed by atoms with E-state index in [4.69, 9.17) is 0 Å². The topological polar surface area (TPSA) is 57.6 Å². The Labute approximate surface area is 115 Å². The summed E-state index contributed by atoms with van der Waals surface area (Å²) in [7, 11) is 0. The Morgan fingerprint density at radius 2 is 1.58 bits per heavy atom. The highest BCUT2D eigenvalue weighted by molar-refractivity contribution is 5.85. The van der Waals surface area contributed by atoms with E-state index in [2.05, 4.69) is 13.8 Å². The Morgan fingerprint density at radius 3 is 2.11 bits per heavy atom. The Morgan fingerprint density at radius 1 is 1.05 bits per heavy atom. The lowest BCUT2D eigenvalue weighted by molar-refractivity contribution is -0.153. The number of carboxylic acid groups (broad SMARTS) is 1. The summed E-state index contributed by atoms with van der Waals surface area (Å²) in [5.41, 5.74) is 0.315. The first-order valence-electron chi connectivity index (χ1n) is 7.42. The van der Waals surface area contributed by atoms with Gasteiger partial charge in [0.2, 0.25) is 5.91 Å². The van der Waals surface area contributed by atoms with Gasteiger partial charge in [-0.15, -0.1) is 0 Å². The number of aliphatic carboxylic acids is 1. The highest BCUT2D eigenvalue weighted by atomic mass is 16.4. The third kappa shape index (κ3) is 3.28. The number of likely N-dealkylation sites (tertiary alicyclic amines) is 1. The average molecular weight is 267 g/mol. The van der Waals surface area contributed by atoms with Crippen LogP contribution in [0.2, 0.25) is 0 Å². The highest BCUT2D eigenvalue weighted by Gasteiger charge is 2.39. The molecule has 0 spiro atoms. The van der Waals surface area contributed by atoms with Gasteiger partial charge in [0, 0.05) is 13.1 Å². The Balaban J connectivity index is 2.00. The van der Waals surface area contributed by atoms with Gasteiger partial charge in [-0.2, -0.15) is 0 Å². The molecule has 0 radical (unpaired) electrons. The van der Waals surface area contributed by atoms with Gasteiger partial charge in [0.15, 0.2) is 0 Å². The van der Waals surface area contributed by atoms with Crippen molar-refractivity contribution in [3.8, 4) is 0 Å². The van der Waals surface area contributed by atoms with E-state index in [1.165, 1.54) is 0 Å². The molecule has 2 rings (SSSR count). The van der Waals surface area contributed by atoms with Crippen molar-refractivity contribution in [1.82, 2.24) is 4.90 Å². The van der Waals surface area contributed by atoms with E-state index in [0.29, 0.717) is 11.8 Å². The number of carbonyl (C=O) groups excluding carboxylic acids is 1. The SMILES string of the molecule is CC1(C)CCN(C(=O)[C@@H]2CCCC[C@@H]2C(=O)O)CC1. The fraction of sp³-hybridized carbons (Fsp3) is 0.867. The summed E-state index contributed by atoms with van der Waals surface area (Å²) in [4.78, 5) is 25.7. The average Bonchev–Trinajstić information content (AvgIpc) is 2.38. The maximum absolute atomic E-state index is 12.5. The first kappa shape index (κ1) is 14.4. The molecule has 108 valence electrons. The minimum Gasteiger partial charge on any atom is -0.481 e. The molecule has 2 atom stereocenters. The van der Waals surface area contributed by atoms with Gasteiger partial charge in [-0.05, 0) is 31.1 Å². The van der Waals surface area contributed by atoms with Gasteiger partial charge in [0.05, 0.1) is 11.8 Å². The quantitative estimate of drug-likeness (QED) is 0.836. The van der Waals surface area contributed by atoms with Crippen LogP contribution in [0.3, 0.4) is 0 Å². The number of hydrogen-bond donors (Lipinski definition) is 1. The number of carbonyl (C=O) groups is 2. The predicted molar refractivity (Wildman–Crippen MR) is 72.7 cm³/mol. The molecule has 0 aromatic rings. The van der Waals surface area contributed by atoms with Gasteiger partial charge >= 0.3 is 5.97 Å². The molecule has 1 saturated heterocycles. The summed E-state index contributed by atoms with van der Waals surface area (Å²) in [5.74, 6) is -1.46. The van der Waals surface area contributed by atoms with Crippen molar-refractivity contribution in [3.05, 3.63) is 0 Å². The van der Waals surface area contributed by atoms with Crippen molar-refractivity contribution in [1.29, 1.82) is 0 Å².